The smallest absolute Gasteiger partial charge is 0.254 e. The molecule has 1 aromatic heterocycles. The SMILES string of the molecule is O=C(c1cccc(S(=O)(=O)NCc2cccs2)c1)N1CCOC2CCCCC21. The maximum Gasteiger partial charge on any atom is 0.254 e. The third-order valence-electron chi connectivity index (χ3n) is 5.40. The molecule has 1 aromatic carbocycles. The molecular weight excluding hydrogens is 396 g/mol. The van der Waals surface area contributed by atoms with Gasteiger partial charge in [-0.1, -0.05) is 25.0 Å². The Bertz CT molecular complexity index is 925. The molecule has 28 heavy (non-hydrogen) atoms. The predicted octanol–water partition coefficient (Wildman–Crippen LogP) is 3.01. The van der Waals surface area contributed by atoms with E-state index in [4.69, 9.17) is 4.74 Å². The number of rotatable bonds is 5. The molecule has 1 saturated heterocycles. The van der Waals surface area contributed by atoms with Gasteiger partial charge in [0.05, 0.1) is 23.6 Å². The van der Waals surface area contributed by atoms with Crippen LogP contribution in [0.2, 0.25) is 0 Å². The normalized spacial score (nSPS) is 22.6. The summed E-state index contributed by atoms with van der Waals surface area (Å²) in [5.74, 6) is -0.115. The van der Waals surface area contributed by atoms with Crippen LogP contribution in [0.3, 0.4) is 0 Å². The van der Waals surface area contributed by atoms with E-state index in [1.165, 1.54) is 23.5 Å². The van der Waals surface area contributed by atoms with Gasteiger partial charge in [-0.15, -0.1) is 11.3 Å². The fourth-order valence-electron chi connectivity index (χ4n) is 3.97. The molecule has 2 aliphatic rings. The first-order valence-corrected chi connectivity index (χ1v) is 12.0. The Balaban J connectivity index is 1.51. The highest BCUT2D eigenvalue weighted by Gasteiger charge is 2.37. The van der Waals surface area contributed by atoms with E-state index in [0.717, 1.165) is 30.6 Å². The molecule has 1 aliphatic carbocycles. The molecule has 2 atom stereocenters. The molecule has 6 nitrogen and oxygen atoms in total. The fourth-order valence-corrected chi connectivity index (χ4v) is 5.76. The molecule has 2 unspecified atom stereocenters. The zero-order valence-electron chi connectivity index (χ0n) is 15.5. The number of fused-ring (bicyclic) bond motifs is 1. The van der Waals surface area contributed by atoms with Crippen LogP contribution in [0.1, 0.15) is 40.9 Å². The van der Waals surface area contributed by atoms with Crippen molar-refractivity contribution in [3.63, 3.8) is 0 Å². The molecule has 1 amide bonds. The van der Waals surface area contributed by atoms with Crippen molar-refractivity contribution in [1.82, 2.24) is 9.62 Å². The van der Waals surface area contributed by atoms with E-state index in [1.54, 1.807) is 12.1 Å². The van der Waals surface area contributed by atoms with E-state index in [0.29, 0.717) is 18.7 Å². The van der Waals surface area contributed by atoms with Crippen molar-refractivity contribution >= 4 is 27.3 Å². The number of hydrogen-bond donors (Lipinski definition) is 1. The van der Waals surface area contributed by atoms with Gasteiger partial charge >= 0.3 is 0 Å². The van der Waals surface area contributed by atoms with Crippen molar-refractivity contribution in [2.75, 3.05) is 13.2 Å². The highest BCUT2D eigenvalue weighted by molar-refractivity contribution is 7.89. The lowest BCUT2D eigenvalue weighted by molar-refractivity contribution is -0.0752. The van der Waals surface area contributed by atoms with Crippen molar-refractivity contribution in [2.24, 2.45) is 0 Å². The number of morpholine rings is 1. The highest BCUT2D eigenvalue weighted by Crippen LogP contribution is 2.29. The summed E-state index contributed by atoms with van der Waals surface area (Å²) in [7, 11) is -3.69. The number of hydrogen-bond acceptors (Lipinski definition) is 5. The molecule has 1 aliphatic heterocycles. The van der Waals surface area contributed by atoms with Gasteiger partial charge in [-0.3, -0.25) is 4.79 Å². The van der Waals surface area contributed by atoms with Crippen LogP contribution in [0.25, 0.3) is 0 Å². The third kappa shape index (κ3) is 4.15. The number of ether oxygens (including phenoxy) is 1. The van der Waals surface area contributed by atoms with Gasteiger partial charge in [0.15, 0.2) is 0 Å². The molecule has 2 aromatic rings. The summed E-state index contributed by atoms with van der Waals surface area (Å²) in [4.78, 5) is 16.1. The van der Waals surface area contributed by atoms with Gasteiger partial charge in [-0.05, 0) is 42.5 Å². The Kier molecular flexibility index (Phi) is 5.82. The van der Waals surface area contributed by atoms with Crippen molar-refractivity contribution < 1.29 is 17.9 Å². The summed E-state index contributed by atoms with van der Waals surface area (Å²) in [6.45, 7) is 1.33. The number of nitrogens with zero attached hydrogens (tertiary/aromatic N) is 1. The first kappa shape index (κ1) is 19.6. The Morgan fingerprint density at radius 1 is 1.21 bits per heavy atom. The molecule has 0 bridgehead atoms. The quantitative estimate of drug-likeness (QED) is 0.807. The number of thiophene rings is 1. The lowest BCUT2D eigenvalue weighted by Gasteiger charge is -2.43. The van der Waals surface area contributed by atoms with Crippen LogP contribution in [0, 0.1) is 0 Å². The molecule has 2 fully saturated rings. The molecule has 1 N–H and O–H groups in total. The van der Waals surface area contributed by atoms with Gasteiger partial charge in [0.25, 0.3) is 5.91 Å². The lowest BCUT2D eigenvalue weighted by atomic mass is 9.89. The van der Waals surface area contributed by atoms with Crippen LogP contribution in [0.5, 0.6) is 0 Å². The molecule has 8 heteroatoms. The Hall–Kier alpha value is -1.74. The number of carbonyl (C=O) groups is 1. The second-order valence-corrected chi connectivity index (χ2v) is 9.99. The van der Waals surface area contributed by atoms with Gasteiger partial charge in [0.1, 0.15) is 0 Å². The topological polar surface area (TPSA) is 75.7 Å². The molecule has 4 rings (SSSR count). The summed E-state index contributed by atoms with van der Waals surface area (Å²) in [6, 6.07) is 10.2. The van der Waals surface area contributed by atoms with Gasteiger partial charge < -0.3 is 9.64 Å². The van der Waals surface area contributed by atoms with E-state index >= 15 is 0 Å². The Labute approximate surface area is 169 Å². The third-order valence-corrected chi connectivity index (χ3v) is 7.68. The van der Waals surface area contributed by atoms with Gasteiger partial charge in [0.2, 0.25) is 10.0 Å². The average Bonchev–Trinajstić information content (AvgIpc) is 3.25. The largest absolute Gasteiger partial charge is 0.374 e. The van der Waals surface area contributed by atoms with E-state index in [2.05, 4.69) is 4.72 Å². The zero-order chi connectivity index (χ0) is 19.6. The van der Waals surface area contributed by atoms with Crippen LogP contribution in [-0.4, -0.2) is 44.5 Å². The van der Waals surface area contributed by atoms with E-state index in [1.807, 2.05) is 22.4 Å². The first-order valence-electron chi connectivity index (χ1n) is 9.59. The van der Waals surface area contributed by atoms with Crippen molar-refractivity contribution in [3.8, 4) is 0 Å². The standard InChI is InChI=1S/C20H24N2O4S2/c23-20(22-10-11-26-19-9-2-1-8-18(19)22)15-5-3-7-17(13-15)28(24,25)21-14-16-6-4-12-27-16/h3-7,12-13,18-19,21H,1-2,8-11,14H2. The van der Waals surface area contributed by atoms with E-state index in [9.17, 15) is 13.2 Å². The molecule has 150 valence electrons. The van der Waals surface area contributed by atoms with Gasteiger partial charge in [0, 0.05) is 23.5 Å². The Morgan fingerprint density at radius 2 is 2.07 bits per heavy atom. The van der Waals surface area contributed by atoms with Crippen molar-refractivity contribution in [2.45, 2.75) is 49.3 Å². The van der Waals surface area contributed by atoms with Crippen molar-refractivity contribution in [1.29, 1.82) is 0 Å². The maximum atomic E-state index is 13.1. The van der Waals surface area contributed by atoms with Crippen LogP contribution >= 0.6 is 11.3 Å². The molecule has 0 spiro atoms. The minimum Gasteiger partial charge on any atom is -0.374 e. The van der Waals surface area contributed by atoms with Crippen molar-refractivity contribution in [3.05, 3.63) is 52.2 Å². The second kappa shape index (κ2) is 8.32. The summed E-state index contributed by atoms with van der Waals surface area (Å²) in [5.41, 5.74) is 0.408. The molecule has 1 saturated carbocycles. The van der Waals surface area contributed by atoms with E-state index < -0.39 is 10.0 Å². The summed E-state index contributed by atoms with van der Waals surface area (Å²) >= 11 is 1.50. The lowest BCUT2D eigenvalue weighted by Crippen LogP contribution is -2.54. The van der Waals surface area contributed by atoms with Gasteiger partial charge in [-0.2, -0.15) is 0 Å². The summed E-state index contributed by atoms with van der Waals surface area (Å²) in [5, 5.41) is 1.91. The van der Waals surface area contributed by atoms with Crippen LogP contribution < -0.4 is 4.72 Å². The number of amides is 1. The zero-order valence-corrected chi connectivity index (χ0v) is 17.2. The minimum atomic E-state index is -3.69. The average molecular weight is 421 g/mol. The highest BCUT2D eigenvalue weighted by atomic mass is 32.2. The summed E-state index contributed by atoms with van der Waals surface area (Å²) < 4.78 is 33.8. The first-order chi connectivity index (χ1) is 13.5. The number of sulfonamides is 1. The van der Waals surface area contributed by atoms with Crippen LogP contribution in [-0.2, 0) is 21.3 Å². The molecule has 2 heterocycles. The second-order valence-electron chi connectivity index (χ2n) is 7.19. The Morgan fingerprint density at radius 3 is 2.89 bits per heavy atom. The number of carbonyl (C=O) groups excluding carboxylic acids is 1. The minimum absolute atomic E-state index is 0.0900. The fraction of sp³-hybridized carbons (Fsp3) is 0.450. The van der Waals surface area contributed by atoms with E-state index in [-0.39, 0.29) is 29.5 Å². The predicted molar refractivity (Wildman–Crippen MR) is 108 cm³/mol. The van der Waals surface area contributed by atoms with Gasteiger partial charge in [-0.25, -0.2) is 13.1 Å². The number of benzene rings is 1. The van der Waals surface area contributed by atoms with Crippen LogP contribution in [0.15, 0.2) is 46.7 Å². The molecule has 0 radical (unpaired) electrons. The maximum absolute atomic E-state index is 13.1. The molecular formula is C20H24N2O4S2. The number of nitrogens with one attached hydrogen (secondary N) is 1. The monoisotopic (exact) mass is 420 g/mol. The van der Waals surface area contributed by atoms with Crippen LogP contribution in [0.4, 0.5) is 0 Å². The summed E-state index contributed by atoms with van der Waals surface area (Å²) in [6.07, 6.45) is 4.25.